The third-order valence-electron chi connectivity index (χ3n) is 1.86. The minimum Gasteiger partial charge on any atom is -0.476 e. The van der Waals surface area contributed by atoms with Gasteiger partial charge in [-0.1, -0.05) is 0 Å². The molecule has 2 heterocycles. The van der Waals surface area contributed by atoms with Crippen LogP contribution in [0.25, 0.3) is 0 Å². The van der Waals surface area contributed by atoms with Crippen LogP contribution in [0.2, 0.25) is 0 Å². The molecule has 0 atom stereocenters. The molecule has 0 bridgehead atoms. The zero-order valence-electron chi connectivity index (χ0n) is 9.49. The van der Waals surface area contributed by atoms with E-state index in [2.05, 4.69) is 20.1 Å². The van der Waals surface area contributed by atoms with Crippen LogP contribution in [0.15, 0.2) is 12.7 Å². The predicted molar refractivity (Wildman–Crippen MR) is 58.7 cm³/mol. The first-order valence-corrected chi connectivity index (χ1v) is 4.97. The quantitative estimate of drug-likeness (QED) is 0.818. The summed E-state index contributed by atoms with van der Waals surface area (Å²) >= 11 is 0. The summed E-state index contributed by atoms with van der Waals surface area (Å²) in [4.78, 5) is 11.7. The average molecular weight is 236 g/mol. The normalized spacial score (nSPS) is 10.2. The van der Waals surface area contributed by atoms with Gasteiger partial charge >= 0.3 is 6.01 Å². The Kier molecular flexibility index (Phi) is 3.03. The summed E-state index contributed by atoms with van der Waals surface area (Å²) in [6.45, 7) is 2.30. The summed E-state index contributed by atoms with van der Waals surface area (Å²) in [7, 11) is 1.73. The Morgan fingerprint density at radius 3 is 2.71 bits per heavy atom. The van der Waals surface area contributed by atoms with Crippen LogP contribution in [0.1, 0.15) is 6.92 Å². The molecule has 8 heteroatoms. The van der Waals surface area contributed by atoms with E-state index in [1.54, 1.807) is 7.05 Å². The maximum absolute atomic E-state index is 5.79. The summed E-state index contributed by atoms with van der Waals surface area (Å²) in [6, 6.07) is 0.167. The zero-order valence-corrected chi connectivity index (χ0v) is 9.49. The summed E-state index contributed by atoms with van der Waals surface area (Å²) < 4.78 is 12.0. The number of aryl methyl sites for hydroxylation is 1. The molecule has 2 aromatic heterocycles. The molecular weight excluding hydrogens is 224 g/mol. The molecule has 0 aliphatic rings. The van der Waals surface area contributed by atoms with Crippen LogP contribution in [-0.2, 0) is 7.05 Å². The third kappa shape index (κ3) is 2.41. The fourth-order valence-corrected chi connectivity index (χ4v) is 1.15. The Bertz CT molecular complexity index is 512. The summed E-state index contributed by atoms with van der Waals surface area (Å²) in [6.07, 6.45) is 2.82. The van der Waals surface area contributed by atoms with E-state index in [0.717, 1.165) is 0 Å². The van der Waals surface area contributed by atoms with Crippen molar-refractivity contribution in [3.8, 4) is 17.8 Å². The minimum atomic E-state index is 0.167. The SMILES string of the molecule is CCOc1ncnc(Oc2ncn(C)n2)c1N. The van der Waals surface area contributed by atoms with E-state index in [4.69, 9.17) is 15.2 Å². The molecule has 2 aromatic rings. The van der Waals surface area contributed by atoms with E-state index in [9.17, 15) is 0 Å². The predicted octanol–water partition coefficient (Wildman–Crippen LogP) is 0.378. The number of rotatable bonds is 4. The lowest BCUT2D eigenvalue weighted by Crippen LogP contribution is -2.03. The van der Waals surface area contributed by atoms with Crippen molar-refractivity contribution in [2.45, 2.75) is 6.92 Å². The number of hydrogen-bond acceptors (Lipinski definition) is 7. The molecule has 2 rings (SSSR count). The van der Waals surface area contributed by atoms with Crippen LogP contribution in [0.4, 0.5) is 5.69 Å². The lowest BCUT2D eigenvalue weighted by Gasteiger charge is -2.07. The van der Waals surface area contributed by atoms with E-state index in [1.165, 1.54) is 17.3 Å². The summed E-state index contributed by atoms with van der Waals surface area (Å²) in [5, 5.41) is 3.95. The molecule has 0 aliphatic heterocycles. The third-order valence-corrected chi connectivity index (χ3v) is 1.86. The van der Waals surface area contributed by atoms with Gasteiger partial charge in [0.1, 0.15) is 12.7 Å². The van der Waals surface area contributed by atoms with Crippen molar-refractivity contribution in [1.82, 2.24) is 24.7 Å². The lowest BCUT2D eigenvalue weighted by molar-refractivity contribution is 0.324. The molecule has 8 nitrogen and oxygen atoms in total. The van der Waals surface area contributed by atoms with Gasteiger partial charge in [-0.3, -0.25) is 4.68 Å². The molecule has 0 unspecified atom stereocenters. The van der Waals surface area contributed by atoms with Crippen LogP contribution < -0.4 is 15.2 Å². The Labute approximate surface area is 97.4 Å². The Morgan fingerprint density at radius 2 is 2.06 bits per heavy atom. The highest BCUT2D eigenvalue weighted by atomic mass is 16.5. The van der Waals surface area contributed by atoms with Crippen LogP contribution in [0.3, 0.4) is 0 Å². The van der Waals surface area contributed by atoms with Crippen molar-refractivity contribution >= 4 is 5.69 Å². The van der Waals surface area contributed by atoms with Crippen molar-refractivity contribution in [3.63, 3.8) is 0 Å². The molecule has 0 saturated heterocycles. The fraction of sp³-hybridized carbons (Fsp3) is 0.333. The molecule has 0 saturated carbocycles. The van der Waals surface area contributed by atoms with Crippen LogP contribution in [0.5, 0.6) is 17.8 Å². The second kappa shape index (κ2) is 4.64. The van der Waals surface area contributed by atoms with Crippen LogP contribution in [0, 0.1) is 0 Å². The van der Waals surface area contributed by atoms with E-state index in [1.807, 2.05) is 6.92 Å². The molecule has 0 aromatic carbocycles. The molecule has 0 spiro atoms. The van der Waals surface area contributed by atoms with E-state index in [-0.39, 0.29) is 23.5 Å². The van der Waals surface area contributed by atoms with E-state index < -0.39 is 0 Å². The second-order valence-electron chi connectivity index (χ2n) is 3.13. The maximum atomic E-state index is 5.79. The highest BCUT2D eigenvalue weighted by Gasteiger charge is 2.12. The number of nitrogen functional groups attached to an aromatic ring is 1. The van der Waals surface area contributed by atoms with Gasteiger partial charge < -0.3 is 15.2 Å². The largest absolute Gasteiger partial charge is 0.476 e. The Morgan fingerprint density at radius 1 is 1.29 bits per heavy atom. The average Bonchev–Trinajstić information content (AvgIpc) is 2.70. The van der Waals surface area contributed by atoms with Gasteiger partial charge in [-0.25, -0.2) is 0 Å². The molecule has 0 aliphatic carbocycles. The number of nitrogens with two attached hydrogens (primary N) is 1. The Balaban J connectivity index is 2.23. The first-order chi connectivity index (χ1) is 8.20. The van der Waals surface area contributed by atoms with Gasteiger partial charge in [-0.15, -0.1) is 5.10 Å². The van der Waals surface area contributed by atoms with Crippen molar-refractivity contribution in [2.75, 3.05) is 12.3 Å². The van der Waals surface area contributed by atoms with Crippen molar-refractivity contribution in [2.24, 2.45) is 7.05 Å². The number of hydrogen-bond donors (Lipinski definition) is 1. The minimum absolute atomic E-state index is 0.167. The maximum Gasteiger partial charge on any atom is 0.342 e. The van der Waals surface area contributed by atoms with Gasteiger partial charge in [0.25, 0.3) is 5.88 Å². The van der Waals surface area contributed by atoms with E-state index in [0.29, 0.717) is 6.61 Å². The fourth-order valence-electron chi connectivity index (χ4n) is 1.15. The lowest BCUT2D eigenvalue weighted by atomic mass is 10.5. The molecule has 2 N–H and O–H groups in total. The van der Waals surface area contributed by atoms with Crippen molar-refractivity contribution in [1.29, 1.82) is 0 Å². The first-order valence-electron chi connectivity index (χ1n) is 4.97. The summed E-state index contributed by atoms with van der Waals surface area (Å²) in [5.41, 5.74) is 6.01. The van der Waals surface area contributed by atoms with E-state index >= 15 is 0 Å². The number of nitrogens with zero attached hydrogens (tertiary/aromatic N) is 5. The van der Waals surface area contributed by atoms with Crippen molar-refractivity contribution in [3.05, 3.63) is 12.7 Å². The zero-order chi connectivity index (χ0) is 12.3. The van der Waals surface area contributed by atoms with Gasteiger partial charge in [0, 0.05) is 7.05 Å². The van der Waals surface area contributed by atoms with Crippen molar-refractivity contribution < 1.29 is 9.47 Å². The first kappa shape index (κ1) is 11.1. The number of aromatic nitrogens is 5. The van der Waals surface area contributed by atoms with Gasteiger partial charge in [-0.05, 0) is 6.92 Å². The van der Waals surface area contributed by atoms with Gasteiger partial charge in [0.05, 0.1) is 6.61 Å². The van der Waals surface area contributed by atoms with Gasteiger partial charge in [0.2, 0.25) is 5.88 Å². The monoisotopic (exact) mass is 236 g/mol. The molecule has 90 valence electrons. The molecular formula is C9H12N6O2. The summed E-state index contributed by atoms with van der Waals surface area (Å²) in [5.74, 6) is 0.461. The van der Waals surface area contributed by atoms with Crippen LogP contribution in [-0.4, -0.2) is 31.3 Å². The molecule has 0 amide bonds. The second-order valence-corrected chi connectivity index (χ2v) is 3.13. The number of ether oxygens (including phenoxy) is 2. The van der Waals surface area contributed by atoms with Crippen LogP contribution >= 0.6 is 0 Å². The highest BCUT2D eigenvalue weighted by Crippen LogP contribution is 2.28. The molecule has 0 radical (unpaired) electrons. The highest BCUT2D eigenvalue weighted by molar-refractivity contribution is 5.56. The smallest absolute Gasteiger partial charge is 0.342 e. The molecule has 17 heavy (non-hydrogen) atoms. The number of anilines is 1. The standard InChI is InChI=1S/C9H12N6O2/c1-3-16-7-6(10)8(12-4-11-7)17-9-13-5-15(2)14-9/h4-5H,3,10H2,1-2H3. The Hall–Kier alpha value is -2.38. The molecule has 0 fully saturated rings. The van der Waals surface area contributed by atoms with Gasteiger partial charge in [0.15, 0.2) is 5.69 Å². The topological polar surface area (TPSA) is 101 Å². The van der Waals surface area contributed by atoms with Gasteiger partial charge in [-0.2, -0.15) is 15.0 Å².